The highest BCUT2D eigenvalue weighted by Gasteiger charge is 2.08. The highest BCUT2D eigenvalue weighted by atomic mass is 16.3. The molecule has 2 aromatic rings. The van der Waals surface area contributed by atoms with Crippen molar-refractivity contribution in [2.45, 2.75) is 26.7 Å². The Labute approximate surface area is 132 Å². The SMILES string of the molecule is CC(C)=CCc1c(O)cc(CC=Cc2ccccc2)cc1O. The van der Waals surface area contributed by atoms with Crippen LogP contribution in [0.25, 0.3) is 6.08 Å². The average Bonchev–Trinajstić information content (AvgIpc) is 2.47. The minimum atomic E-state index is 0.153. The molecule has 22 heavy (non-hydrogen) atoms. The van der Waals surface area contributed by atoms with Gasteiger partial charge in [0.15, 0.2) is 0 Å². The molecule has 2 heteroatoms. The molecule has 0 unspecified atom stereocenters. The highest BCUT2D eigenvalue weighted by molar-refractivity contribution is 5.51. The van der Waals surface area contributed by atoms with Gasteiger partial charge in [-0.2, -0.15) is 0 Å². The van der Waals surface area contributed by atoms with Gasteiger partial charge in [0.25, 0.3) is 0 Å². The lowest BCUT2D eigenvalue weighted by atomic mass is 10.0. The molecular formula is C20H22O2. The van der Waals surface area contributed by atoms with E-state index in [-0.39, 0.29) is 11.5 Å². The van der Waals surface area contributed by atoms with Gasteiger partial charge in [-0.1, -0.05) is 54.1 Å². The van der Waals surface area contributed by atoms with E-state index >= 15 is 0 Å². The maximum atomic E-state index is 10.1. The largest absolute Gasteiger partial charge is 0.508 e. The predicted octanol–water partition coefficient (Wildman–Crippen LogP) is 4.86. The second kappa shape index (κ2) is 7.51. The topological polar surface area (TPSA) is 40.5 Å². The first-order valence-corrected chi connectivity index (χ1v) is 7.45. The van der Waals surface area contributed by atoms with Gasteiger partial charge >= 0.3 is 0 Å². The normalized spacial score (nSPS) is 10.8. The molecule has 0 fully saturated rings. The fraction of sp³-hybridized carbons (Fsp3) is 0.200. The van der Waals surface area contributed by atoms with Crippen molar-refractivity contribution in [2.24, 2.45) is 0 Å². The molecule has 0 heterocycles. The van der Waals surface area contributed by atoms with E-state index in [0.29, 0.717) is 18.4 Å². The van der Waals surface area contributed by atoms with Crippen molar-refractivity contribution in [1.82, 2.24) is 0 Å². The summed E-state index contributed by atoms with van der Waals surface area (Å²) in [6.07, 6.45) is 7.26. The van der Waals surface area contributed by atoms with Gasteiger partial charge in [0.2, 0.25) is 0 Å². The van der Waals surface area contributed by atoms with Crippen LogP contribution in [0.1, 0.15) is 30.5 Å². The van der Waals surface area contributed by atoms with Crippen molar-refractivity contribution < 1.29 is 10.2 Å². The van der Waals surface area contributed by atoms with Crippen LogP contribution >= 0.6 is 0 Å². The molecule has 0 aliphatic carbocycles. The van der Waals surface area contributed by atoms with Crippen LogP contribution < -0.4 is 0 Å². The summed E-state index contributed by atoms with van der Waals surface area (Å²) in [7, 11) is 0. The van der Waals surface area contributed by atoms with Gasteiger partial charge < -0.3 is 10.2 Å². The minimum absolute atomic E-state index is 0.153. The molecule has 0 aliphatic heterocycles. The molecule has 0 amide bonds. The summed E-state index contributed by atoms with van der Waals surface area (Å²) in [5.41, 5.74) is 3.77. The first-order valence-electron chi connectivity index (χ1n) is 7.45. The Morgan fingerprint density at radius 3 is 2.18 bits per heavy atom. The number of rotatable bonds is 5. The minimum Gasteiger partial charge on any atom is -0.508 e. The first kappa shape index (κ1) is 15.9. The van der Waals surface area contributed by atoms with Crippen LogP contribution in [0.15, 0.2) is 60.2 Å². The molecule has 0 aliphatic rings. The van der Waals surface area contributed by atoms with Crippen molar-refractivity contribution in [3.8, 4) is 11.5 Å². The molecule has 114 valence electrons. The van der Waals surface area contributed by atoms with Crippen molar-refractivity contribution in [3.05, 3.63) is 76.9 Å². The Balaban J connectivity index is 2.10. The summed E-state index contributed by atoms with van der Waals surface area (Å²) >= 11 is 0. The first-order chi connectivity index (χ1) is 10.6. The quantitative estimate of drug-likeness (QED) is 0.773. The Bertz CT molecular complexity index is 655. The fourth-order valence-electron chi connectivity index (χ4n) is 2.23. The molecule has 0 bridgehead atoms. The summed E-state index contributed by atoms with van der Waals surface area (Å²) < 4.78 is 0. The Kier molecular flexibility index (Phi) is 5.42. The van der Waals surface area contributed by atoms with Crippen LogP contribution in [0.2, 0.25) is 0 Å². The van der Waals surface area contributed by atoms with Crippen LogP contribution in [-0.4, -0.2) is 10.2 Å². The van der Waals surface area contributed by atoms with Crippen molar-refractivity contribution >= 4 is 6.08 Å². The second-order valence-corrected chi connectivity index (χ2v) is 5.62. The lowest BCUT2D eigenvalue weighted by molar-refractivity contribution is 0.440. The Morgan fingerprint density at radius 1 is 0.955 bits per heavy atom. The summed E-state index contributed by atoms with van der Waals surface area (Å²) in [6.45, 7) is 3.99. The summed E-state index contributed by atoms with van der Waals surface area (Å²) in [6, 6.07) is 13.5. The molecule has 0 spiro atoms. The van der Waals surface area contributed by atoms with E-state index in [2.05, 4.69) is 0 Å². The molecular weight excluding hydrogens is 272 g/mol. The van der Waals surface area contributed by atoms with Crippen molar-refractivity contribution in [1.29, 1.82) is 0 Å². The summed E-state index contributed by atoms with van der Waals surface area (Å²) in [5, 5.41) is 20.2. The molecule has 0 atom stereocenters. The van der Waals surface area contributed by atoms with Gasteiger partial charge in [0, 0.05) is 5.56 Å². The van der Waals surface area contributed by atoms with Crippen LogP contribution in [0.4, 0.5) is 0 Å². The zero-order chi connectivity index (χ0) is 15.9. The number of hydrogen-bond acceptors (Lipinski definition) is 2. The van der Waals surface area contributed by atoms with Gasteiger partial charge in [-0.25, -0.2) is 0 Å². The monoisotopic (exact) mass is 294 g/mol. The van der Waals surface area contributed by atoms with Crippen molar-refractivity contribution in [2.75, 3.05) is 0 Å². The number of aromatic hydroxyl groups is 2. The maximum Gasteiger partial charge on any atom is 0.123 e. The molecule has 0 aromatic heterocycles. The number of phenols is 2. The molecule has 0 saturated heterocycles. The fourth-order valence-corrected chi connectivity index (χ4v) is 2.23. The smallest absolute Gasteiger partial charge is 0.123 e. The van der Waals surface area contributed by atoms with Gasteiger partial charge in [0.05, 0.1) is 0 Å². The lowest BCUT2D eigenvalue weighted by Gasteiger charge is -2.08. The van der Waals surface area contributed by atoms with Crippen molar-refractivity contribution in [3.63, 3.8) is 0 Å². The molecule has 2 N–H and O–H groups in total. The van der Waals surface area contributed by atoms with E-state index in [4.69, 9.17) is 0 Å². The van der Waals surface area contributed by atoms with Gasteiger partial charge in [-0.05, 0) is 49.9 Å². The summed E-state index contributed by atoms with van der Waals surface area (Å²) in [4.78, 5) is 0. The van der Waals surface area contributed by atoms with Crippen LogP contribution in [0.5, 0.6) is 11.5 Å². The highest BCUT2D eigenvalue weighted by Crippen LogP contribution is 2.30. The second-order valence-electron chi connectivity index (χ2n) is 5.62. The lowest BCUT2D eigenvalue weighted by Crippen LogP contribution is -1.89. The number of hydrogen-bond donors (Lipinski definition) is 2. The van der Waals surface area contributed by atoms with Crippen LogP contribution in [-0.2, 0) is 12.8 Å². The third kappa shape index (κ3) is 4.52. The molecule has 2 nitrogen and oxygen atoms in total. The third-order valence-electron chi connectivity index (χ3n) is 3.44. The molecule has 0 radical (unpaired) electrons. The molecule has 2 rings (SSSR count). The standard InChI is InChI=1S/C20H22O2/c1-15(2)11-12-18-19(21)13-17(14-20(18)22)10-6-9-16-7-4-3-5-8-16/h3-9,11,13-14,21-22H,10,12H2,1-2H3. The number of allylic oxidation sites excluding steroid dienone is 3. The van der Waals surface area contributed by atoms with Gasteiger partial charge in [-0.3, -0.25) is 0 Å². The van der Waals surface area contributed by atoms with Gasteiger partial charge in [0.1, 0.15) is 11.5 Å². The van der Waals surface area contributed by atoms with E-state index in [1.54, 1.807) is 12.1 Å². The number of benzene rings is 2. The van der Waals surface area contributed by atoms with E-state index < -0.39 is 0 Å². The van der Waals surface area contributed by atoms with E-state index in [1.807, 2.05) is 62.4 Å². The maximum absolute atomic E-state index is 10.1. The summed E-state index contributed by atoms with van der Waals surface area (Å²) in [5.74, 6) is 0.307. The number of phenolic OH excluding ortho intramolecular Hbond substituents is 2. The zero-order valence-corrected chi connectivity index (χ0v) is 13.1. The van der Waals surface area contributed by atoms with Gasteiger partial charge in [-0.15, -0.1) is 0 Å². The molecule has 0 saturated carbocycles. The predicted molar refractivity (Wildman–Crippen MR) is 92.1 cm³/mol. The van der Waals surface area contributed by atoms with Crippen LogP contribution in [0.3, 0.4) is 0 Å². The van der Waals surface area contributed by atoms with E-state index in [0.717, 1.165) is 16.7 Å². The third-order valence-corrected chi connectivity index (χ3v) is 3.44. The van der Waals surface area contributed by atoms with E-state index in [9.17, 15) is 10.2 Å². The molecule has 2 aromatic carbocycles. The van der Waals surface area contributed by atoms with Crippen LogP contribution in [0, 0.1) is 0 Å². The zero-order valence-electron chi connectivity index (χ0n) is 13.1. The Hall–Kier alpha value is -2.48. The van der Waals surface area contributed by atoms with E-state index in [1.165, 1.54) is 0 Å². The Morgan fingerprint density at radius 2 is 1.59 bits per heavy atom. The average molecular weight is 294 g/mol.